The van der Waals surface area contributed by atoms with Gasteiger partial charge in [-0.1, -0.05) is 13.3 Å². The maximum absolute atomic E-state index is 11.4. The number of aldehydes is 1. The number of hydrogen-bond acceptors (Lipinski definition) is 3. The molecular weight excluding hydrogens is 230 g/mol. The van der Waals surface area contributed by atoms with Crippen LogP contribution in [0.15, 0.2) is 29.1 Å². The van der Waals surface area contributed by atoms with Crippen LogP contribution in [-0.4, -0.2) is 17.9 Å². The van der Waals surface area contributed by atoms with Crippen molar-refractivity contribution in [1.29, 1.82) is 0 Å². The molecule has 0 fully saturated rings. The van der Waals surface area contributed by atoms with E-state index in [9.17, 15) is 9.59 Å². The molecule has 0 amide bonds. The molecule has 0 saturated carbocycles. The number of carbonyl (C=O) groups excluding carboxylic acids is 1. The number of pyridine rings is 1. The molecule has 1 aromatic carbocycles. The number of benzene rings is 1. The third-order valence-corrected chi connectivity index (χ3v) is 2.74. The van der Waals surface area contributed by atoms with Crippen LogP contribution in [0.5, 0.6) is 5.75 Å². The molecule has 18 heavy (non-hydrogen) atoms. The van der Waals surface area contributed by atoms with Crippen LogP contribution in [0.4, 0.5) is 0 Å². The van der Waals surface area contributed by atoms with Gasteiger partial charge in [0.1, 0.15) is 5.75 Å². The van der Waals surface area contributed by atoms with E-state index in [2.05, 4.69) is 11.9 Å². The predicted molar refractivity (Wildman–Crippen MR) is 70.4 cm³/mol. The van der Waals surface area contributed by atoms with Gasteiger partial charge in [-0.2, -0.15) is 0 Å². The van der Waals surface area contributed by atoms with Crippen LogP contribution in [0.3, 0.4) is 0 Å². The third kappa shape index (κ3) is 2.59. The SMILES string of the molecule is CCCCOc1ccc2[nH]c(=O)c(C=O)cc2c1. The Bertz CT molecular complexity index is 616. The summed E-state index contributed by atoms with van der Waals surface area (Å²) in [5.41, 5.74) is 0.471. The van der Waals surface area contributed by atoms with Crippen LogP contribution >= 0.6 is 0 Å². The largest absolute Gasteiger partial charge is 0.494 e. The first-order valence-corrected chi connectivity index (χ1v) is 5.99. The molecule has 0 aliphatic carbocycles. The minimum Gasteiger partial charge on any atom is -0.494 e. The second-order valence-corrected chi connectivity index (χ2v) is 4.12. The molecule has 0 aliphatic rings. The number of rotatable bonds is 5. The van der Waals surface area contributed by atoms with Gasteiger partial charge in [0.25, 0.3) is 5.56 Å². The monoisotopic (exact) mass is 245 g/mol. The maximum atomic E-state index is 11.4. The number of nitrogens with one attached hydrogen (secondary N) is 1. The fourth-order valence-corrected chi connectivity index (χ4v) is 1.71. The van der Waals surface area contributed by atoms with E-state index < -0.39 is 0 Å². The molecule has 0 atom stereocenters. The molecule has 0 radical (unpaired) electrons. The Kier molecular flexibility index (Phi) is 3.77. The van der Waals surface area contributed by atoms with Crippen molar-refractivity contribution in [2.24, 2.45) is 0 Å². The molecule has 0 unspecified atom stereocenters. The van der Waals surface area contributed by atoms with Gasteiger partial charge in [0.15, 0.2) is 6.29 Å². The second-order valence-electron chi connectivity index (χ2n) is 4.12. The van der Waals surface area contributed by atoms with Crippen molar-refractivity contribution in [1.82, 2.24) is 4.98 Å². The number of aromatic nitrogens is 1. The lowest BCUT2D eigenvalue weighted by Crippen LogP contribution is -2.11. The number of ether oxygens (including phenoxy) is 1. The summed E-state index contributed by atoms with van der Waals surface area (Å²) < 4.78 is 5.58. The first kappa shape index (κ1) is 12.4. The average molecular weight is 245 g/mol. The van der Waals surface area contributed by atoms with Gasteiger partial charge in [0.05, 0.1) is 12.2 Å². The standard InChI is InChI=1S/C14H15NO3/c1-2-3-6-18-12-4-5-13-10(8-12)7-11(9-16)14(17)15-13/h4-5,7-9H,2-3,6H2,1H3,(H,15,17). The van der Waals surface area contributed by atoms with E-state index in [0.717, 1.165) is 24.0 Å². The van der Waals surface area contributed by atoms with Crippen molar-refractivity contribution in [3.8, 4) is 5.75 Å². The van der Waals surface area contributed by atoms with Gasteiger partial charge >= 0.3 is 0 Å². The first-order chi connectivity index (χ1) is 8.74. The van der Waals surface area contributed by atoms with Crippen molar-refractivity contribution in [3.63, 3.8) is 0 Å². The lowest BCUT2D eigenvalue weighted by atomic mass is 10.1. The van der Waals surface area contributed by atoms with E-state index in [4.69, 9.17) is 4.74 Å². The predicted octanol–water partition coefficient (Wildman–Crippen LogP) is 2.52. The number of carbonyl (C=O) groups is 1. The fourth-order valence-electron chi connectivity index (χ4n) is 1.71. The fraction of sp³-hybridized carbons (Fsp3) is 0.286. The third-order valence-electron chi connectivity index (χ3n) is 2.74. The van der Waals surface area contributed by atoms with Crippen LogP contribution < -0.4 is 10.3 Å². The molecule has 0 bridgehead atoms. The zero-order valence-electron chi connectivity index (χ0n) is 10.2. The highest BCUT2D eigenvalue weighted by molar-refractivity contribution is 5.86. The van der Waals surface area contributed by atoms with E-state index in [0.29, 0.717) is 18.4 Å². The molecule has 4 heteroatoms. The van der Waals surface area contributed by atoms with Crippen molar-refractivity contribution in [3.05, 3.63) is 40.2 Å². The molecule has 1 N–H and O–H groups in total. The van der Waals surface area contributed by atoms with Crippen LogP contribution in [0, 0.1) is 0 Å². The van der Waals surface area contributed by atoms with Gasteiger partial charge in [-0.05, 0) is 30.7 Å². The summed E-state index contributed by atoms with van der Waals surface area (Å²) >= 11 is 0. The van der Waals surface area contributed by atoms with Crippen LogP contribution in [0.2, 0.25) is 0 Å². The number of aromatic amines is 1. The molecular formula is C14H15NO3. The quantitative estimate of drug-likeness (QED) is 0.650. The first-order valence-electron chi connectivity index (χ1n) is 5.99. The molecule has 2 rings (SSSR count). The summed E-state index contributed by atoms with van der Waals surface area (Å²) in [5, 5.41) is 0.797. The van der Waals surface area contributed by atoms with Gasteiger partial charge in [0.2, 0.25) is 0 Å². The Labute approximate surface area is 105 Å². The summed E-state index contributed by atoms with van der Waals surface area (Å²) in [6, 6.07) is 7.00. The van der Waals surface area contributed by atoms with Crippen molar-refractivity contribution in [2.75, 3.05) is 6.61 Å². The number of hydrogen-bond donors (Lipinski definition) is 1. The second kappa shape index (κ2) is 5.49. The van der Waals surface area contributed by atoms with Gasteiger partial charge in [-0.15, -0.1) is 0 Å². The topological polar surface area (TPSA) is 59.2 Å². The molecule has 0 aliphatic heterocycles. The number of unbranched alkanes of at least 4 members (excludes halogenated alkanes) is 1. The summed E-state index contributed by atoms with van der Waals surface area (Å²) in [6.07, 6.45) is 2.64. The van der Waals surface area contributed by atoms with Gasteiger partial charge in [-0.25, -0.2) is 0 Å². The molecule has 1 aromatic heterocycles. The Morgan fingerprint density at radius 3 is 2.89 bits per heavy atom. The normalized spacial score (nSPS) is 10.5. The van der Waals surface area contributed by atoms with Crippen molar-refractivity contribution >= 4 is 17.2 Å². The molecule has 0 saturated heterocycles. The Hall–Kier alpha value is -2.10. The lowest BCUT2D eigenvalue weighted by Gasteiger charge is -2.06. The maximum Gasteiger partial charge on any atom is 0.259 e. The zero-order valence-corrected chi connectivity index (χ0v) is 10.2. The summed E-state index contributed by atoms with van der Waals surface area (Å²) in [4.78, 5) is 24.8. The van der Waals surface area contributed by atoms with E-state index in [-0.39, 0.29) is 11.1 Å². The van der Waals surface area contributed by atoms with E-state index in [1.54, 1.807) is 12.1 Å². The average Bonchev–Trinajstić information content (AvgIpc) is 2.38. The van der Waals surface area contributed by atoms with E-state index in [1.807, 2.05) is 12.1 Å². The molecule has 0 spiro atoms. The zero-order chi connectivity index (χ0) is 13.0. The van der Waals surface area contributed by atoms with Crippen LogP contribution in [0.1, 0.15) is 30.1 Å². The van der Waals surface area contributed by atoms with Crippen molar-refractivity contribution in [2.45, 2.75) is 19.8 Å². The molecule has 2 aromatic rings. The van der Waals surface area contributed by atoms with Gasteiger partial charge in [0, 0.05) is 10.9 Å². The Morgan fingerprint density at radius 2 is 2.17 bits per heavy atom. The highest BCUT2D eigenvalue weighted by atomic mass is 16.5. The number of fused-ring (bicyclic) bond motifs is 1. The van der Waals surface area contributed by atoms with Crippen molar-refractivity contribution < 1.29 is 9.53 Å². The Balaban J connectivity index is 2.35. The highest BCUT2D eigenvalue weighted by Gasteiger charge is 2.03. The molecule has 94 valence electrons. The van der Waals surface area contributed by atoms with E-state index >= 15 is 0 Å². The summed E-state index contributed by atoms with van der Waals surface area (Å²) in [6.45, 7) is 2.77. The Morgan fingerprint density at radius 1 is 1.33 bits per heavy atom. The minimum atomic E-state index is -0.364. The molecule has 1 heterocycles. The van der Waals surface area contributed by atoms with E-state index in [1.165, 1.54) is 0 Å². The lowest BCUT2D eigenvalue weighted by molar-refractivity contribution is 0.112. The van der Waals surface area contributed by atoms with Gasteiger partial charge < -0.3 is 9.72 Å². The number of H-pyrrole nitrogens is 1. The summed E-state index contributed by atoms with van der Waals surface area (Å²) in [5.74, 6) is 0.750. The van der Waals surface area contributed by atoms with Crippen LogP contribution in [0.25, 0.3) is 10.9 Å². The highest BCUT2D eigenvalue weighted by Crippen LogP contribution is 2.19. The minimum absolute atomic E-state index is 0.133. The smallest absolute Gasteiger partial charge is 0.259 e. The summed E-state index contributed by atoms with van der Waals surface area (Å²) in [7, 11) is 0. The van der Waals surface area contributed by atoms with Gasteiger partial charge in [-0.3, -0.25) is 9.59 Å². The van der Waals surface area contributed by atoms with Crippen LogP contribution in [-0.2, 0) is 0 Å². The molecule has 4 nitrogen and oxygen atoms in total.